The van der Waals surface area contributed by atoms with Gasteiger partial charge >= 0.3 is 18.0 Å². The van der Waals surface area contributed by atoms with Gasteiger partial charge in [-0.05, 0) is 44.5 Å². The Kier molecular flexibility index (Phi) is 8.26. The van der Waals surface area contributed by atoms with Crippen LogP contribution in [0.2, 0.25) is 0 Å². The highest BCUT2D eigenvalue weighted by Gasteiger charge is 2.21. The van der Waals surface area contributed by atoms with E-state index in [2.05, 4.69) is 10.5 Å². The molecule has 0 saturated heterocycles. The lowest BCUT2D eigenvalue weighted by Crippen LogP contribution is -2.41. The molecule has 0 atom stereocenters. The number of fused-ring (bicyclic) bond motifs is 1. The zero-order valence-corrected chi connectivity index (χ0v) is 19.7. The minimum absolute atomic E-state index is 0.0103. The van der Waals surface area contributed by atoms with Gasteiger partial charge in [-0.3, -0.25) is 14.7 Å². The fraction of sp³-hybridized carbons (Fsp3) is 0.333. The third-order valence-corrected chi connectivity index (χ3v) is 4.57. The quantitative estimate of drug-likeness (QED) is 0.202. The van der Waals surface area contributed by atoms with Crippen molar-refractivity contribution in [3.05, 3.63) is 70.2 Å². The van der Waals surface area contributed by atoms with Crippen LogP contribution in [0.3, 0.4) is 0 Å². The smallest absolute Gasteiger partial charge is 0.445 e. The first kappa shape index (κ1) is 25.5. The summed E-state index contributed by atoms with van der Waals surface area (Å²) in [6.07, 6.45) is -1.65. The molecule has 0 aliphatic carbocycles. The predicted octanol–water partition coefficient (Wildman–Crippen LogP) is 3.40. The molecule has 0 spiro atoms. The monoisotopic (exact) mass is 485 g/mol. The van der Waals surface area contributed by atoms with E-state index in [0.29, 0.717) is 5.52 Å². The Balaban J connectivity index is 1.63. The van der Waals surface area contributed by atoms with Crippen LogP contribution in [0.1, 0.15) is 36.7 Å². The Bertz CT molecular complexity index is 1230. The van der Waals surface area contributed by atoms with Crippen molar-refractivity contribution in [2.24, 2.45) is 0 Å². The fourth-order valence-electron chi connectivity index (χ4n) is 2.99. The number of rotatable bonds is 9. The van der Waals surface area contributed by atoms with E-state index in [1.807, 2.05) is 18.2 Å². The summed E-state index contributed by atoms with van der Waals surface area (Å²) in [5.74, 6) is -1.03. The van der Waals surface area contributed by atoms with Crippen LogP contribution >= 0.6 is 0 Å². The molecule has 11 heteroatoms. The number of aromatic amines is 1. The summed E-state index contributed by atoms with van der Waals surface area (Å²) in [6, 6.07) is 13.6. The number of benzene rings is 2. The molecule has 0 radical (unpaired) electrons. The second kappa shape index (κ2) is 11.3. The van der Waals surface area contributed by atoms with Crippen molar-refractivity contribution in [3.63, 3.8) is 0 Å². The van der Waals surface area contributed by atoms with Crippen LogP contribution in [0.5, 0.6) is 0 Å². The minimum atomic E-state index is -0.923. The number of hydrogen-bond acceptors (Lipinski definition) is 9. The molecule has 2 N–H and O–H groups in total. The van der Waals surface area contributed by atoms with Crippen LogP contribution < -0.4 is 11.2 Å². The number of hydrogen-bond donors (Lipinski definition) is 2. The molecule has 1 heterocycles. The average Bonchev–Trinajstić information content (AvgIpc) is 3.18. The van der Waals surface area contributed by atoms with Crippen LogP contribution in [-0.2, 0) is 20.9 Å². The number of amides is 1. The Labute approximate surface area is 200 Å². The standard InChI is InChI=1S/C24H27N3O8/c1-24(2,3)34-23(31)35-25-11-12-27(22(30)32-15-16-7-5-4-6-8-16)14-19(28)17-9-10-18-20(13-17)33-21(29)26-18/h4-10,13,25H,11-12,14-15H2,1-3H3,(H,26,29). The maximum atomic E-state index is 12.9. The lowest BCUT2D eigenvalue weighted by atomic mass is 10.1. The first-order valence-corrected chi connectivity index (χ1v) is 10.8. The molecule has 35 heavy (non-hydrogen) atoms. The summed E-state index contributed by atoms with van der Waals surface area (Å²) in [5.41, 5.74) is 3.41. The number of nitrogens with one attached hydrogen (secondary N) is 2. The maximum absolute atomic E-state index is 12.9. The van der Waals surface area contributed by atoms with Crippen molar-refractivity contribution in [1.82, 2.24) is 15.4 Å². The number of oxazole rings is 1. The largest absolute Gasteiger partial charge is 0.528 e. The number of ketones is 1. The molecular formula is C24H27N3O8. The number of Topliss-reactive ketones (excluding diaryl/α,β-unsaturated/α-hetero) is 1. The molecular weight excluding hydrogens is 458 g/mol. The Hall–Kier alpha value is -4.12. The highest BCUT2D eigenvalue weighted by atomic mass is 16.8. The van der Waals surface area contributed by atoms with Crippen LogP contribution in [0.25, 0.3) is 11.1 Å². The highest BCUT2D eigenvalue weighted by molar-refractivity contribution is 6.01. The van der Waals surface area contributed by atoms with Gasteiger partial charge in [-0.25, -0.2) is 14.4 Å². The zero-order valence-electron chi connectivity index (χ0n) is 19.7. The van der Waals surface area contributed by atoms with E-state index in [4.69, 9.17) is 18.7 Å². The van der Waals surface area contributed by atoms with Gasteiger partial charge < -0.3 is 18.7 Å². The van der Waals surface area contributed by atoms with Crippen molar-refractivity contribution < 1.29 is 33.1 Å². The van der Waals surface area contributed by atoms with Gasteiger partial charge in [0.25, 0.3) is 0 Å². The van der Waals surface area contributed by atoms with Gasteiger partial charge in [0, 0.05) is 18.7 Å². The SMILES string of the molecule is CC(C)(C)OC(=O)ONCCN(CC(=O)c1ccc2[nH]c(=O)oc2c1)C(=O)OCc1ccccc1. The number of ether oxygens (including phenoxy) is 2. The highest BCUT2D eigenvalue weighted by Crippen LogP contribution is 2.14. The van der Waals surface area contributed by atoms with Crippen molar-refractivity contribution in [2.75, 3.05) is 19.6 Å². The van der Waals surface area contributed by atoms with E-state index >= 15 is 0 Å². The molecule has 186 valence electrons. The van der Waals surface area contributed by atoms with Gasteiger partial charge in [-0.2, -0.15) is 0 Å². The summed E-state index contributed by atoms with van der Waals surface area (Å²) in [5, 5.41) is 0. The van der Waals surface area contributed by atoms with Crippen LogP contribution in [0, 0.1) is 0 Å². The number of carbonyl (C=O) groups excluding carboxylic acids is 3. The van der Waals surface area contributed by atoms with Gasteiger partial charge in [0.2, 0.25) is 0 Å². The summed E-state index contributed by atoms with van der Waals surface area (Å²) in [4.78, 5) is 57.1. The summed E-state index contributed by atoms with van der Waals surface area (Å²) in [7, 11) is 0. The minimum Gasteiger partial charge on any atom is -0.445 e. The van der Waals surface area contributed by atoms with Gasteiger partial charge in [0.05, 0.1) is 12.1 Å². The van der Waals surface area contributed by atoms with Crippen LogP contribution in [-0.4, -0.2) is 53.2 Å². The van der Waals surface area contributed by atoms with Crippen molar-refractivity contribution in [3.8, 4) is 0 Å². The molecule has 0 fully saturated rings. The van der Waals surface area contributed by atoms with Crippen molar-refractivity contribution in [2.45, 2.75) is 33.0 Å². The van der Waals surface area contributed by atoms with E-state index in [-0.39, 0.29) is 37.4 Å². The Morgan fingerprint density at radius 3 is 2.54 bits per heavy atom. The zero-order chi connectivity index (χ0) is 25.4. The lowest BCUT2D eigenvalue weighted by molar-refractivity contribution is -0.0328. The second-order valence-electron chi connectivity index (χ2n) is 8.57. The Morgan fingerprint density at radius 2 is 1.83 bits per heavy atom. The Morgan fingerprint density at radius 1 is 1.09 bits per heavy atom. The molecule has 3 rings (SSSR count). The van der Waals surface area contributed by atoms with Gasteiger partial charge in [-0.15, -0.1) is 5.48 Å². The second-order valence-corrected chi connectivity index (χ2v) is 8.57. The summed E-state index contributed by atoms with van der Waals surface area (Å²) in [6.45, 7) is 4.79. The van der Waals surface area contributed by atoms with Crippen LogP contribution in [0.4, 0.5) is 9.59 Å². The molecule has 1 amide bonds. The van der Waals surface area contributed by atoms with Gasteiger partial charge in [0.1, 0.15) is 12.2 Å². The topological polar surface area (TPSA) is 140 Å². The molecule has 0 aliphatic heterocycles. The first-order valence-electron chi connectivity index (χ1n) is 10.8. The normalized spacial score (nSPS) is 11.2. The van der Waals surface area contributed by atoms with Crippen molar-refractivity contribution in [1.29, 1.82) is 0 Å². The average molecular weight is 485 g/mol. The molecule has 11 nitrogen and oxygen atoms in total. The molecule has 0 bridgehead atoms. The number of H-pyrrole nitrogens is 1. The molecule has 3 aromatic rings. The molecule has 1 aromatic heterocycles. The van der Waals surface area contributed by atoms with E-state index in [9.17, 15) is 19.2 Å². The van der Waals surface area contributed by atoms with Crippen molar-refractivity contribution >= 4 is 29.1 Å². The van der Waals surface area contributed by atoms with E-state index in [0.717, 1.165) is 5.56 Å². The third-order valence-electron chi connectivity index (χ3n) is 4.57. The fourth-order valence-corrected chi connectivity index (χ4v) is 2.99. The molecule has 2 aromatic carbocycles. The van der Waals surface area contributed by atoms with E-state index < -0.39 is 29.4 Å². The van der Waals surface area contributed by atoms with Gasteiger partial charge in [-0.1, -0.05) is 30.3 Å². The summed E-state index contributed by atoms with van der Waals surface area (Å²) >= 11 is 0. The number of aromatic nitrogens is 1. The number of hydroxylamine groups is 1. The molecule has 0 aliphatic rings. The molecule has 0 unspecified atom stereocenters. The molecule has 0 saturated carbocycles. The van der Waals surface area contributed by atoms with E-state index in [1.54, 1.807) is 39.0 Å². The maximum Gasteiger partial charge on any atom is 0.528 e. The lowest BCUT2D eigenvalue weighted by Gasteiger charge is -2.22. The number of carbonyl (C=O) groups is 3. The van der Waals surface area contributed by atoms with Crippen LogP contribution in [0.15, 0.2) is 57.7 Å². The first-order chi connectivity index (χ1) is 16.6. The van der Waals surface area contributed by atoms with Gasteiger partial charge in [0.15, 0.2) is 11.4 Å². The van der Waals surface area contributed by atoms with E-state index in [1.165, 1.54) is 17.0 Å². The summed E-state index contributed by atoms with van der Waals surface area (Å²) < 4.78 is 15.4. The number of nitrogens with zero attached hydrogens (tertiary/aromatic N) is 1. The predicted molar refractivity (Wildman–Crippen MR) is 125 cm³/mol. The third kappa shape index (κ3) is 8.00.